The molecular weight excluding hydrogens is 272 g/mol. The van der Waals surface area contributed by atoms with E-state index in [0.717, 1.165) is 32.1 Å². The molecule has 0 bridgehead atoms. The van der Waals surface area contributed by atoms with Crippen LogP contribution in [0.1, 0.15) is 65.7 Å². The van der Waals surface area contributed by atoms with Crippen LogP contribution in [0.25, 0.3) is 0 Å². The molecule has 5 atom stereocenters. The molecule has 0 heterocycles. The predicted octanol–water partition coefficient (Wildman–Crippen LogP) is 4.47. The predicted molar refractivity (Wildman–Crippen MR) is 92.6 cm³/mol. The molecular formula is C20H34O2. The summed E-state index contributed by atoms with van der Waals surface area (Å²) in [5.74, 6) is 1.01. The lowest BCUT2D eigenvalue weighted by molar-refractivity contribution is -0.0885. The Morgan fingerprint density at radius 3 is 2.64 bits per heavy atom. The molecule has 0 aliphatic heterocycles. The molecule has 2 nitrogen and oxygen atoms in total. The molecule has 0 unspecified atom stereocenters. The van der Waals surface area contributed by atoms with Crippen molar-refractivity contribution in [1.29, 1.82) is 0 Å². The summed E-state index contributed by atoms with van der Waals surface area (Å²) in [5, 5.41) is 20.3. The lowest BCUT2D eigenvalue weighted by atomic mass is 9.46. The summed E-state index contributed by atoms with van der Waals surface area (Å²) in [4.78, 5) is 0. The molecule has 0 saturated heterocycles. The zero-order valence-electron chi connectivity index (χ0n) is 14.7. The summed E-state index contributed by atoms with van der Waals surface area (Å²) in [7, 11) is 0. The first-order valence-corrected chi connectivity index (χ1v) is 8.83. The van der Waals surface area contributed by atoms with Crippen molar-refractivity contribution in [2.75, 3.05) is 6.61 Å². The van der Waals surface area contributed by atoms with Gasteiger partial charge in [0, 0.05) is 6.61 Å². The van der Waals surface area contributed by atoms with E-state index < -0.39 is 5.60 Å². The van der Waals surface area contributed by atoms with Gasteiger partial charge in [0.2, 0.25) is 0 Å². The smallest absolute Gasteiger partial charge is 0.0797 e. The SMILES string of the molecule is C=C[C@@](C)(O)CC[C@H]1C(=C)CC[C@H]2[C@@](C)(CO)CCC[C@]12C. The minimum Gasteiger partial charge on any atom is -0.396 e. The number of aliphatic hydroxyl groups is 2. The lowest BCUT2D eigenvalue weighted by Crippen LogP contribution is -2.52. The van der Waals surface area contributed by atoms with Crippen LogP contribution in [0.4, 0.5) is 0 Å². The van der Waals surface area contributed by atoms with Gasteiger partial charge in [-0.3, -0.25) is 0 Å². The van der Waals surface area contributed by atoms with E-state index in [-0.39, 0.29) is 17.4 Å². The van der Waals surface area contributed by atoms with Crippen molar-refractivity contribution in [3.05, 3.63) is 24.8 Å². The van der Waals surface area contributed by atoms with E-state index in [0.29, 0.717) is 11.8 Å². The maximum atomic E-state index is 10.3. The molecule has 0 spiro atoms. The molecule has 2 rings (SSSR count). The van der Waals surface area contributed by atoms with Crippen molar-refractivity contribution in [1.82, 2.24) is 0 Å². The van der Waals surface area contributed by atoms with Crippen molar-refractivity contribution < 1.29 is 10.2 Å². The Morgan fingerprint density at radius 1 is 1.36 bits per heavy atom. The molecule has 0 aromatic rings. The van der Waals surface area contributed by atoms with Crippen molar-refractivity contribution in [3.8, 4) is 0 Å². The van der Waals surface area contributed by atoms with Crippen LogP contribution in [-0.2, 0) is 0 Å². The number of aliphatic hydroxyl groups excluding tert-OH is 1. The number of hydrogen-bond acceptors (Lipinski definition) is 2. The number of hydrogen-bond donors (Lipinski definition) is 2. The van der Waals surface area contributed by atoms with Gasteiger partial charge in [0.1, 0.15) is 0 Å². The van der Waals surface area contributed by atoms with Crippen molar-refractivity contribution in [2.24, 2.45) is 22.7 Å². The first kappa shape index (κ1) is 17.7. The highest BCUT2D eigenvalue weighted by Gasteiger charge is 2.54. The number of rotatable bonds is 5. The van der Waals surface area contributed by atoms with E-state index >= 15 is 0 Å². The molecule has 2 aliphatic carbocycles. The highest BCUT2D eigenvalue weighted by molar-refractivity contribution is 5.16. The average molecular weight is 306 g/mol. The third kappa shape index (κ3) is 3.05. The molecule has 2 saturated carbocycles. The van der Waals surface area contributed by atoms with Crippen LogP contribution in [0.3, 0.4) is 0 Å². The summed E-state index contributed by atoms with van der Waals surface area (Å²) < 4.78 is 0. The second kappa shape index (κ2) is 6.13. The van der Waals surface area contributed by atoms with Gasteiger partial charge >= 0.3 is 0 Å². The number of fused-ring (bicyclic) bond motifs is 1. The third-order valence-electron chi connectivity index (χ3n) is 6.88. The summed E-state index contributed by atoms with van der Waals surface area (Å²) in [6.07, 6.45) is 9.10. The fourth-order valence-corrected chi connectivity index (χ4v) is 5.34. The van der Waals surface area contributed by atoms with Crippen LogP contribution in [-0.4, -0.2) is 22.4 Å². The van der Waals surface area contributed by atoms with Crippen LogP contribution in [0.2, 0.25) is 0 Å². The Hall–Kier alpha value is -0.600. The second-order valence-electron chi connectivity index (χ2n) is 8.57. The fraction of sp³-hybridized carbons (Fsp3) is 0.800. The largest absolute Gasteiger partial charge is 0.396 e. The fourth-order valence-electron chi connectivity index (χ4n) is 5.34. The highest BCUT2D eigenvalue weighted by atomic mass is 16.3. The van der Waals surface area contributed by atoms with Crippen molar-refractivity contribution >= 4 is 0 Å². The molecule has 2 aliphatic rings. The molecule has 22 heavy (non-hydrogen) atoms. The normalized spacial score (nSPS) is 41.6. The number of allylic oxidation sites excluding steroid dienone is 1. The first-order chi connectivity index (χ1) is 10.2. The van der Waals surface area contributed by atoms with E-state index in [1.165, 1.54) is 18.4 Å². The molecule has 126 valence electrons. The van der Waals surface area contributed by atoms with Crippen LogP contribution < -0.4 is 0 Å². The van der Waals surface area contributed by atoms with Gasteiger partial charge in [-0.15, -0.1) is 6.58 Å². The Labute approximate surface area is 136 Å². The summed E-state index contributed by atoms with van der Waals surface area (Å²) >= 11 is 0. The molecule has 0 aromatic carbocycles. The van der Waals surface area contributed by atoms with Gasteiger partial charge in [-0.1, -0.05) is 38.5 Å². The van der Waals surface area contributed by atoms with E-state index in [1.807, 2.05) is 6.92 Å². The van der Waals surface area contributed by atoms with E-state index in [4.69, 9.17) is 0 Å². The molecule has 0 aromatic heterocycles. The maximum absolute atomic E-state index is 10.3. The Bertz CT molecular complexity index is 439. The summed E-state index contributed by atoms with van der Waals surface area (Å²) in [5.41, 5.74) is 0.814. The molecule has 0 radical (unpaired) electrons. The van der Waals surface area contributed by atoms with E-state index in [9.17, 15) is 10.2 Å². The topological polar surface area (TPSA) is 40.5 Å². The Kier molecular flexibility index (Phi) is 4.94. The molecule has 2 fully saturated rings. The van der Waals surface area contributed by atoms with Gasteiger partial charge in [0.25, 0.3) is 0 Å². The zero-order valence-corrected chi connectivity index (χ0v) is 14.7. The van der Waals surface area contributed by atoms with Gasteiger partial charge in [-0.2, -0.15) is 0 Å². The van der Waals surface area contributed by atoms with Gasteiger partial charge in [0.15, 0.2) is 0 Å². The van der Waals surface area contributed by atoms with E-state index in [2.05, 4.69) is 27.0 Å². The Balaban J connectivity index is 2.24. The van der Waals surface area contributed by atoms with Gasteiger partial charge in [-0.25, -0.2) is 0 Å². The monoisotopic (exact) mass is 306 g/mol. The zero-order chi connectivity index (χ0) is 16.6. The first-order valence-electron chi connectivity index (χ1n) is 8.83. The highest BCUT2D eigenvalue weighted by Crippen LogP contribution is 2.61. The Morgan fingerprint density at radius 2 is 2.05 bits per heavy atom. The van der Waals surface area contributed by atoms with Gasteiger partial charge < -0.3 is 10.2 Å². The average Bonchev–Trinajstić information content (AvgIpc) is 2.46. The third-order valence-corrected chi connectivity index (χ3v) is 6.88. The van der Waals surface area contributed by atoms with E-state index in [1.54, 1.807) is 6.08 Å². The standard InChI is InChI=1S/C20H34O2/c1-6-19(4,22)13-10-16-15(2)8-9-17-18(3,14-21)11-7-12-20(16,17)5/h6,16-17,21-22H,1-2,7-14H2,3-5H3/t16-,17-,18+,19+,20+/m0/s1. The maximum Gasteiger partial charge on any atom is 0.0797 e. The molecule has 0 amide bonds. The van der Waals surface area contributed by atoms with Crippen LogP contribution in [0.5, 0.6) is 0 Å². The summed E-state index contributed by atoms with van der Waals surface area (Å²) in [6, 6.07) is 0. The van der Waals surface area contributed by atoms with Crippen molar-refractivity contribution in [2.45, 2.75) is 71.3 Å². The van der Waals surface area contributed by atoms with Crippen molar-refractivity contribution in [3.63, 3.8) is 0 Å². The van der Waals surface area contributed by atoms with Crippen LogP contribution in [0, 0.1) is 22.7 Å². The summed E-state index contributed by atoms with van der Waals surface area (Å²) in [6.45, 7) is 14.9. The minimum absolute atomic E-state index is 0.0485. The van der Waals surface area contributed by atoms with Gasteiger partial charge in [0.05, 0.1) is 5.60 Å². The molecule has 2 heteroatoms. The minimum atomic E-state index is -0.793. The lowest BCUT2D eigenvalue weighted by Gasteiger charge is -2.58. The second-order valence-corrected chi connectivity index (χ2v) is 8.57. The quantitative estimate of drug-likeness (QED) is 0.735. The van der Waals surface area contributed by atoms with Crippen LogP contribution >= 0.6 is 0 Å². The molecule has 2 N–H and O–H groups in total. The van der Waals surface area contributed by atoms with Crippen LogP contribution in [0.15, 0.2) is 24.8 Å². The van der Waals surface area contributed by atoms with Gasteiger partial charge in [-0.05, 0) is 68.1 Å².